The summed E-state index contributed by atoms with van der Waals surface area (Å²) in [5.41, 5.74) is 0. The van der Waals surface area contributed by atoms with Crippen molar-refractivity contribution in [2.45, 2.75) is 6.92 Å². The predicted octanol–water partition coefficient (Wildman–Crippen LogP) is 4.57. The second-order valence-corrected chi connectivity index (χ2v) is 5.48. The zero-order chi connectivity index (χ0) is 15.3. The van der Waals surface area contributed by atoms with Gasteiger partial charge in [0.25, 0.3) is 0 Å². The molecule has 0 aliphatic heterocycles. The Morgan fingerprint density at radius 3 is 1.81 bits per heavy atom. The lowest BCUT2D eigenvalue weighted by Crippen LogP contribution is -2.05. The van der Waals surface area contributed by atoms with E-state index in [0.717, 1.165) is 12.1 Å². The van der Waals surface area contributed by atoms with Gasteiger partial charge in [-0.25, -0.2) is 13.3 Å². The molecule has 112 valence electrons. The van der Waals surface area contributed by atoms with Crippen LogP contribution in [0.2, 0.25) is 0 Å². The number of rotatable bonds is 6. The summed E-state index contributed by atoms with van der Waals surface area (Å²) in [7, 11) is -4.04. The van der Waals surface area contributed by atoms with Crippen LogP contribution >= 0.6 is 7.82 Å². The zero-order valence-corrected chi connectivity index (χ0v) is 12.1. The van der Waals surface area contributed by atoms with Crippen LogP contribution in [0, 0.1) is 11.6 Å². The molecule has 0 fully saturated rings. The number of halogens is 2. The highest BCUT2D eigenvalue weighted by Crippen LogP contribution is 2.49. The lowest BCUT2D eigenvalue weighted by molar-refractivity contribution is 0.219. The van der Waals surface area contributed by atoms with Crippen LogP contribution in [0.4, 0.5) is 8.78 Å². The third-order valence-electron chi connectivity index (χ3n) is 2.31. The average Bonchev–Trinajstić information content (AvgIpc) is 2.38. The van der Waals surface area contributed by atoms with Crippen molar-refractivity contribution in [3.63, 3.8) is 0 Å². The molecule has 0 N–H and O–H groups in total. The van der Waals surface area contributed by atoms with Crippen LogP contribution in [0.1, 0.15) is 6.92 Å². The van der Waals surface area contributed by atoms with Crippen LogP contribution in [0.15, 0.2) is 48.5 Å². The van der Waals surface area contributed by atoms with Gasteiger partial charge in [0.05, 0.1) is 6.61 Å². The van der Waals surface area contributed by atoms with Crippen molar-refractivity contribution in [1.82, 2.24) is 0 Å². The smallest absolute Gasteiger partial charge is 0.395 e. The monoisotopic (exact) mass is 314 g/mol. The highest BCUT2D eigenvalue weighted by Gasteiger charge is 2.30. The van der Waals surface area contributed by atoms with E-state index < -0.39 is 19.5 Å². The van der Waals surface area contributed by atoms with Gasteiger partial charge in [-0.1, -0.05) is 12.1 Å². The van der Waals surface area contributed by atoms with E-state index in [1.165, 1.54) is 36.4 Å². The Hall–Kier alpha value is -1.91. The van der Waals surface area contributed by atoms with E-state index in [9.17, 15) is 13.3 Å². The van der Waals surface area contributed by atoms with Gasteiger partial charge in [-0.2, -0.15) is 0 Å². The number of phosphoric ester groups is 1. The van der Waals surface area contributed by atoms with E-state index in [0.29, 0.717) is 0 Å². The van der Waals surface area contributed by atoms with Crippen molar-refractivity contribution in [3.8, 4) is 11.5 Å². The van der Waals surface area contributed by atoms with Gasteiger partial charge in [-0.3, -0.25) is 4.52 Å². The Bertz CT molecular complexity index is 611. The summed E-state index contributed by atoms with van der Waals surface area (Å²) in [6.07, 6.45) is 0. The van der Waals surface area contributed by atoms with E-state index in [2.05, 4.69) is 0 Å². The molecule has 0 heterocycles. The van der Waals surface area contributed by atoms with Gasteiger partial charge in [-0.15, -0.1) is 0 Å². The first kappa shape index (κ1) is 15.5. The Kier molecular flexibility index (Phi) is 4.94. The summed E-state index contributed by atoms with van der Waals surface area (Å²) in [5.74, 6) is -1.13. The van der Waals surface area contributed by atoms with Crippen molar-refractivity contribution in [2.75, 3.05) is 6.61 Å². The first-order chi connectivity index (χ1) is 10.0. The summed E-state index contributed by atoms with van der Waals surface area (Å²) in [6, 6.07) is 10.1. The minimum absolute atomic E-state index is 0.0109. The Labute approximate surface area is 120 Å². The van der Waals surface area contributed by atoms with Gasteiger partial charge in [0.2, 0.25) is 0 Å². The molecule has 4 nitrogen and oxygen atoms in total. The first-order valence-electron chi connectivity index (χ1n) is 6.16. The number of hydrogen-bond donors (Lipinski definition) is 0. The van der Waals surface area contributed by atoms with E-state index >= 15 is 0 Å². The predicted molar refractivity (Wildman–Crippen MR) is 73.3 cm³/mol. The number of hydrogen-bond acceptors (Lipinski definition) is 4. The van der Waals surface area contributed by atoms with E-state index in [-0.39, 0.29) is 18.1 Å². The maximum atomic E-state index is 13.1. The van der Waals surface area contributed by atoms with Crippen molar-refractivity contribution >= 4 is 7.82 Å². The highest BCUT2D eigenvalue weighted by atomic mass is 31.2. The molecule has 0 unspecified atom stereocenters. The molecule has 7 heteroatoms. The second kappa shape index (κ2) is 6.70. The maximum Gasteiger partial charge on any atom is 0.587 e. The van der Waals surface area contributed by atoms with Gasteiger partial charge in [0.1, 0.15) is 23.1 Å². The lowest BCUT2D eigenvalue weighted by atomic mass is 10.3. The summed E-state index contributed by atoms with van der Waals surface area (Å²) in [5, 5.41) is 0. The minimum Gasteiger partial charge on any atom is -0.395 e. The van der Waals surface area contributed by atoms with Crippen LogP contribution in [0.3, 0.4) is 0 Å². The third-order valence-corrected chi connectivity index (χ3v) is 3.76. The first-order valence-corrected chi connectivity index (χ1v) is 7.62. The molecule has 0 radical (unpaired) electrons. The van der Waals surface area contributed by atoms with Gasteiger partial charge in [-0.05, 0) is 31.2 Å². The number of benzene rings is 2. The number of phosphoric acid groups is 1. The summed E-state index contributed by atoms with van der Waals surface area (Å²) in [4.78, 5) is 0. The summed E-state index contributed by atoms with van der Waals surface area (Å²) < 4.78 is 53.9. The Balaban J connectivity index is 2.21. The van der Waals surface area contributed by atoms with Gasteiger partial charge in [0.15, 0.2) is 0 Å². The molecule has 21 heavy (non-hydrogen) atoms. The summed E-state index contributed by atoms with van der Waals surface area (Å²) in [6.45, 7) is 1.64. The standard InChI is InChI=1S/C14H13F2O4P/c1-2-18-21(17,19-13-7-3-5-11(15)9-13)20-14-8-4-6-12(16)10-14/h3-10H,2H2,1H3. The second-order valence-electron chi connectivity index (χ2n) is 3.96. The maximum absolute atomic E-state index is 13.1. The topological polar surface area (TPSA) is 44.8 Å². The Morgan fingerprint density at radius 2 is 1.43 bits per heavy atom. The van der Waals surface area contributed by atoms with Gasteiger partial charge >= 0.3 is 7.82 Å². The van der Waals surface area contributed by atoms with Gasteiger partial charge in [0, 0.05) is 12.1 Å². The van der Waals surface area contributed by atoms with Crippen LogP contribution in [0.5, 0.6) is 11.5 Å². The fraction of sp³-hybridized carbons (Fsp3) is 0.143. The van der Waals surface area contributed by atoms with Crippen LogP contribution in [-0.4, -0.2) is 6.61 Å². The molecule has 0 saturated carbocycles. The van der Waals surface area contributed by atoms with Crippen LogP contribution < -0.4 is 9.05 Å². The molecule has 0 bridgehead atoms. The largest absolute Gasteiger partial charge is 0.587 e. The highest BCUT2D eigenvalue weighted by molar-refractivity contribution is 7.49. The Morgan fingerprint density at radius 1 is 0.952 bits per heavy atom. The van der Waals surface area contributed by atoms with Crippen molar-refractivity contribution < 1.29 is 26.9 Å². The van der Waals surface area contributed by atoms with Gasteiger partial charge < -0.3 is 9.05 Å². The van der Waals surface area contributed by atoms with Crippen LogP contribution in [-0.2, 0) is 9.09 Å². The molecule has 0 amide bonds. The van der Waals surface area contributed by atoms with Crippen LogP contribution in [0.25, 0.3) is 0 Å². The lowest BCUT2D eigenvalue weighted by Gasteiger charge is -2.18. The molecular formula is C14H13F2O4P. The summed E-state index contributed by atoms with van der Waals surface area (Å²) >= 11 is 0. The molecule has 0 aromatic heterocycles. The molecule has 0 aliphatic rings. The molecule has 2 aromatic rings. The fourth-order valence-corrected chi connectivity index (χ4v) is 2.74. The quantitative estimate of drug-likeness (QED) is 0.733. The normalized spacial score (nSPS) is 11.2. The molecule has 2 rings (SSSR count). The van der Waals surface area contributed by atoms with E-state index in [4.69, 9.17) is 13.6 Å². The molecule has 0 spiro atoms. The van der Waals surface area contributed by atoms with Crippen molar-refractivity contribution in [3.05, 3.63) is 60.2 Å². The van der Waals surface area contributed by atoms with Crippen molar-refractivity contribution in [2.24, 2.45) is 0 Å². The molecule has 0 atom stereocenters. The SMILES string of the molecule is CCOP(=O)(Oc1cccc(F)c1)Oc1cccc(F)c1. The van der Waals surface area contributed by atoms with Crippen molar-refractivity contribution in [1.29, 1.82) is 0 Å². The fourth-order valence-electron chi connectivity index (χ4n) is 1.54. The molecule has 0 aliphatic carbocycles. The van der Waals surface area contributed by atoms with E-state index in [1.54, 1.807) is 6.92 Å². The molecular weight excluding hydrogens is 301 g/mol. The zero-order valence-electron chi connectivity index (χ0n) is 11.2. The van der Waals surface area contributed by atoms with E-state index in [1.807, 2.05) is 0 Å². The molecule has 0 saturated heterocycles. The molecule has 2 aromatic carbocycles. The average molecular weight is 314 g/mol. The minimum atomic E-state index is -4.04. The third kappa shape index (κ3) is 4.55.